The average Bonchev–Trinajstić information content (AvgIpc) is 3.32. The molecule has 0 saturated carbocycles. The molecule has 1 aliphatic heterocycles. The van der Waals surface area contributed by atoms with Gasteiger partial charge in [-0.1, -0.05) is 37.7 Å². The zero-order valence-corrected chi connectivity index (χ0v) is 23.2. The van der Waals surface area contributed by atoms with E-state index in [2.05, 4.69) is 75.8 Å². The molecule has 0 atom stereocenters. The Labute approximate surface area is 218 Å². The van der Waals surface area contributed by atoms with Crippen molar-refractivity contribution in [3.63, 3.8) is 0 Å². The quantitative estimate of drug-likeness (QED) is 0.388. The van der Waals surface area contributed by atoms with Crippen LogP contribution in [-0.4, -0.2) is 85.4 Å². The Balaban J connectivity index is 1.76. The summed E-state index contributed by atoms with van der Waals surface area (Å²) >= 11 is 1.56. The topological polar surface area (TPSA) is 64.9 Å². The second-order valence-corrected chi connectivity index (χ2v) is 10.1. The number of methoxy groups -OCH3 is 3. The summed E-state index contributed by atoms with van der Waals surface area (Å²) in [4.78, 5) is 4.89. The summed E-state index contributed by atoms with van der Waals surface area (Å²) in [7, 11) is 7.11. The number of aromatic nitrogens is 3. The largest absolute Gasteiger partial charge is 0.492 e. The van der Waals surface area contributed by atoms with Crippen LogP contribution in [0.2, 0.25) is 0 Å². The highest BCUT2D eigenvalue weighted by atomic mass is 32.2. The van der Waals surface area contributed by atoms with Gasteiger partial charge in [0.05, 0.1) is 26.9 Å². The Morgan fingerprint density at radius 3 is 2.08 bits per heavy atom. The van der Waals surface area contributed by atoms with Gasteiger partial charge in [-0.3, -0.25) is 9.47 Å². The van der Waals surface area contributed by atoms with Crippen LogP contribution in [0, 0.1) is 0 Å². The van der Waals surface area contributed by atoms with Gasteiger partial charge >= 0.3 is 0 Å². The number of ether oxygens (including phenoxy) is 3. The fraction of sp³-hybridized carbons (Fsp3) is 0.481. The minimum absolute atomic E-state index is 0.212. The van der Waals surface area contributed by atoms with Crippen molar-refractivity contribution in [3.8, 4) is 34.3 Å². The molecule has 8 nitrogen and oxygen atoms in total. The molecule has 0 aliphatic carbocycles. The second kappa shape index (κ2) is 11.5. The van der Waals surface area contributed by atoms with Crippen LogP contribution < -0.4 is 14.2 Å². The van der Waals surface area contributed by atoms with Crippen molar-refractivity contribution in [2.24, 2.45) is 0 Å². The smallest absolute Gasteiger partial charge is 0.204 e. The first kappa shape index (κ1) is 26.3. The lowest BCUT2D eigenvalue weighted by Gasteiger charge is -2.32. The number of hydrogen-bond donors (Lipinski definition) is 0. The highest BCUT2D eigenvalue weighted by molar-refractivity contribution is 7.98. The van der Waals surface area contributed by atoms with Crippen LogP contribution >= 0.6 is 11.8 Å². The number of hydrogen-bond acceptors (Lipinski definition) is 8. The van der Waals surface area contributed by atoms with E-state index >= 15 is 0 Å². The van der Waals surface area contributed by atoms with Crippen LogP contribution in [0.1, 0.15) is 30.9 Å². The van der Waals surface area contributed by atoms with E-state index < -0.39 is 0 Å². The molecule has 0 unspecified atom stereocenters. The lowest BCUT2D eigenvalue weighted by Crippen LogP contribution is -2.43. The molecule has 3 aromatic rings. The highest BCUT2D eigenvalue weighted by Gasteiger charge is 2.27. The minimum Gasteiger partial charge on any atom is -0.492 e. The van der Waals surface area contributed by atoms with Crippen molar-refractivity contribution in [2.45, 2.75) is 31.5 Å². The third kappa shape index (κ3) is 5.19. The summed E-state index contributed by atoms with van der Waals surface area (Å²) in [5, 5.41) is 9.90. The molecule has 1 fully saturated rings. The highest BCUT2D eigenvalue weighted by Crippen LogP contribution is 2.48. The molecule has 1 aliphatic rings. The van der Waals surface area contributed by atoms with Gasteiger partial charge in [0.25, 0.3) is 0 Å². The van der Waals surface area contributed by atoms with E-state index in [1.54, 1.807) is 33.1 Å². The van der Waals surface area contributed by atoms with Crippen LogP contribution in [0.5, 0.6) is 17.2 Å². The molecule has 0 spiro atoms. The molecule has 2 aromatic carbocycles. The maximum Gasteiger partial charge on any atom is 0.204 e. The maximum absolute atomic E-state index is 5.84. The van der Waals surface area contributed by atoms with Gasteiger partial charge in [0.1, 0.15) is 0 Å². The van der Waals surface area contributed by atoms with Gasteiger partial charge in [-0.05, 0) is 43.0 Å². The zero-order chi connectivity index (χ0) is 25.8. The number of likely N-dealkylation sites (N-methyl/N-ethyl adjacent to an activating group) is 1. The number of piperazine rings is 1. The molecule has 36 heavy (non-hydrogen) atoms. The van der Waals surface area contributed by atoms with E-state index in [-0.39, 0.29) is 5.92 Å². The van der Waals surface area contributed by atoms with Gasteiger partial charge in [0.15, 0.2) is 22.5 Å². The summed E-state index contributed by atoms with van der Waals surface area (Å²) in [5.74, 6) is 2.72. The average molecular weight is 512 g/mol. The lowest BCUT2D eigenvalue weighted by atomic mass is 9.97. The molecule has 1 saturated heterocycles. The Bertz CT molecular complexity index is 1170. The minimum atomic E-state index is 0.212. The van der Waals surface area contributed by atoms with Crippen molar-refractivity contribution in [1.82, 2.24) is 24.6 Å². The summed E-state index contributed by atoms with van der Waals surface area (Å²) in [6.07, 6.45) is 2.01. The van der Waals surface area contributed by atoms with Gasteiger partial charge in [-0.15, -0.1) is 10.2 Å². The third-order valence-corrected chi connectivity index (χ3v) is 7.34. The fourth-order valence-corrected chi connectivity index (χ4v) is 5.16. The molecule has 194 valence electrons. The number of thioether (sulfide) groups is 1. The Morgan fingerprint density at radius 2 is 1.53 bits per heavy atom. The summed E-state index contributed by atoms with van der Waals surface area (Å²) < 4.78 is 19.4. The fourth-order valence-electron chi connectivity index (χ4n) is 4.66. The molecule has 0 bridgehead atoms. The normalized spacial score (nSPS) is 14.9. The standard InChI is InChI=1S/C27H37N5O3S/c1-18(2)21-16-22(24(34-5)25(35-6)23(21)33-4)26-28-29-27(36-7)32(26)20-10-8-19(9-11-20)17-31-14-12-30(3)13-15-31/h8-11,16,18H,12-15,17H2,1-7H3. The van der Waals surface area contributed by atoms with Crippen LogP contribution in [0.15, 0.2) is 35.5 Å². The number of benzene rings is 2. The van der Waals surface area contributed by atoms with Gasteiger partial charge in [0, 0.05) is 44.0 Å². The van der Waals surface area contributed by atoms with E-state index in [0.29, 0.717) is 23.1 Å². The Kier molecular flexibility index (Phi) is 8.43. The Morgan fingerprint density at radius 1 is 0.889 bits per heavy atom. The van der Waals surface area contributed by atoms with Crippen LogP contribution in [-0.2, 0) is 6.54 Å². The van der Waals surface area contributed by atoms with Crippen molar-refractivity contribution in [1.29, 1.82) is 0 Å². The molecule has 9 heteroatoms. The molecule has 0 N–H and O–H groups in total. The molecular weight excluding hydrogens is 474 g/mol. The SMILES string of the molecule is COc1c(-c2nnc(SC)n2-c2ccc(CN3CCN(C)CC3)cc2)cc(C(C)C)c(OC)c1OC. The summed E-state index contributed by atoms with van der Waals surface area (Å²) in [5.41, 5.74) is 4.14. The monoisotopic (exact) mass is 511 g/mol. The van der Waals surface area contributed by atoms with Crippen molar-refractivity contribution in [3.05, 3.63) is 41.5 Å². The zero-order valence-electron chi connectivity index (χ0n) is 22.4. The lowest BCUT2D eigenvalue weighted by molar-refractivity contribution is 0.148. The predicted octanol–water partition coefficient (Wildman–Crippen LogP) is 4.55. The summed E-state index contributed by atoms with van der Waals surface area (Å²) in [6.45, 7) is 9.65. The van der Waals surface area contributed by atoms with Gasteiger partial charge in [-0.2, -0.15) is 0 Å². The number of nitrogens with zero attached hydrogens (tertiary/aromatic N) is 5. The predicted molar refractivity (Wildman–Crippen MR) is 145 cm³/mol. The first-order valence-corrected chi connectivity index (χ1v) is 13.5. The number of rotatable bonds is 9. The van der Waals surface area contributed by atoms with E-state index in [1.807, 2.05) is 6.26 Å². The molecule has 1 aromatic heterocycles. The van der Waals surface area contributed by atoms with Crippen molar-refractivity contribution >= 4 is 11.8 Å². The van der Waals surface area contributed by atoms with E-state index in [1.165, 1.54) is 5.56 Å². The van der Waals surface area contributed by atoms with E-state index in [4.69, 9.17) is 14.2 Å². The summed E-state index contributed by atoms with van der Waals surface area (Å²) in [6, 6.07) is 10.8. The molecule has 4 rings (SSSR count). The van der Waals surface area contributed by atoms with Crippen molar-refractivity contribution in [2.75, 3.05) is 60.8 Å². The molecule has 2 heterocycles. The molecular formula is C27H37N5O3S. The van der Waals surface area contributed by atoms with E-state index in [0.717, 1.165) is 54.7 Å². The van der Waals surface area contributed by atoms with Gasteiger partial charge < -0.3 is 19.1 Å². The second-order valence-electron chi connectivity index (χ2n) is 9.36. The maximum atomic E-state index is 5.84. The third-order valence-electron chi connectivity index (χ3n) is 6.71. The van der Waals surface area contributed by atoms with Crippen LogP contribution in [0.4, 0.5) is 0 Å². The molecule has 0 amide bonds. The van der Waals surface area contributed by atoms with Gasteiger partial charge in [-0.25, -0.2) is 0 Å². The van der Waals surface area contributed by atoms with Crippen molar-refractivity contribution < 1.29 is 14.2 Å². The first-order chi connectivity index (χ1) is 17.4. The van der Waals surface area contributed by atoms with Crippen LogP contribution in [0.3, 0.4) is 0 Å². The molecule has 0 radical (unpaired) electrons. The van der Waals surface area contributed by atoms with Crippen LogP contribution in [0.25, 0.3) is 17.1 Å². The van der Waals surface area contributed by atoms with E-state index in [9.17, 15) is 0 Å². The van der Waals surface area contributed by atoms with Gasteiger partial charge in [0.2, 0.25) is 5.75 Å². The Hall–Kier alpha value is -2.75. The first-order valence-electron chi connectivity index (χ1n) is 12.2.